The van der Waals surface area contributed by atoms with Gasteiger partial charge < -0.3 is 15.5 Å². The lowest BCUT2D eigenvalue weighted by Gasteiger charge is -2.06. The molecule has 0 fully saturated rings. The van der Waals surface area contributed by atoms with Crippen molar-refractivity contribution in [2.24, 2.45) is 5.73 Å². The summed E-state index contributed by atoms with van der Waals surface area (Å²) in [5, 5.41) is 5.55. The van der Waals surface area contributed by atoms with Gasteiger partial charge in [-0.15, -0.1) is 11.3 Å². The van der Waals surface area contributed by atoms with E-state index in [1.165, 1.54) is 4.88 Å². The third-order valence-electron chi connectivity index (χ3n) is 4.30. The van der Waals surface area contributed by atoms with E-state index >= 15 is 0 Å². The molecule has 0 spiro atoms. The van der Waals surface area contributed by atoms with Crippen molar-refractivity contribution in [2.75, 3.05) is 5.32 Å². The monoisotopic (exact) mass is 465 g/mol. The fraction of sp³-hybridized carbons (Fsp3) is 0.174. The maximum absolute atomic E-state index is 6.13. The molecule has 3 aromatic heterocycles. The molecule has 6 heteroatoms. The molecule has 4 rings (SSSR count). The van der Waals surface area contributed by atoms with Crippen molar-refractivity contribution in [3.05, 3.63) is 80.3 Å². The van der Waals surface area contributed by atoms with Crippen LogP contribution in [0.4, 0.5) is 5.69 Å². The molecule has 1 aromatic carbocycles. The van der Waals surface area contributed by atoms with Crippen LogP contribution in [0.3, 0.4) is 0 Å². The summed E-state index contributed by atoms with van der Waals surface area (Å²) in [4.78, 5) is 5.97. The van der Waals surface area contributed by atoms with Gasteiger partial charge >= 0.3 is 0 Å². The van der Waals surface area contributed by atoms with Crippen molar-refractivity contribution >= 4 is 44.1 Å². The van der Waals surface area contributed by atoms with Gasteiger partial charge in [0.15, 0.2) is 5.58 Å². The van der Waals surface area contributed by atoms with Crippen LogP contribution in [0.25, 0.3) is 11.1 Å². The maximum Gasteiger partial charge on any atom is 0.177 e. The number of hydrogen-bond acceptors (Lipinski definition) is 5. The van der Waals surface area contributed by atoms with E-state index in [0.717, 1.165) is 27.0 Å². The normalized spacial score (nSPS) is 11.8. The third-order valence-corrected chi connectivity index (χ3v) is 5.99. The van der Waals surface area contributed by atoms with Crippen molar-refractivity contribution in [3.63, 3.8) is 0 Å². The summed E-state index contributed by atoms with van der Waals surface area (Å²) in [6.45, 7) is 2.67. The van der Waals surface area contributed by atoms with E-state index in [9.17, 15) is 0 Å². The van der Waals surface area contributed by atoms with Gasteiger partial charge in [0, 0.05) is 29.4 Å². The van der Waals surface area contributed by atoms with Gasteiger partial charge in [-0.25, -0.2) is 4.98 Å². The molecular weight excluding hydrogens is 446 g/mol. The van der Waals surface area contributed by atoms with Crippen LogP contribution in [0, 0.1) is 11.8 Å². The number of nitrogens with one attached hydrogen (secondary N) is 1. The molecule has 0 bridgehead atoms. The largest absolute Gasteiger partial charge is 0.456 e. The minimum absolute atomic E-state index is 0.00765. The smallest absolute Gasteiger partial charge is 0.177 e. The zero-order valence-electron chi connectivity index (χ0n) is 15.9. The van der Waals surface area contributed by atoms with Crippen LogP contribution in [-0.4, -0.2) is 11.0 Å². The first kappa shape index (κ1) is 19.7. The SMILES string of the molecule is C[C@H](N)Cc1oc2c(NCc3cccs3)cc(C#Cc3ccccc3)nc2c1Br. The number of rotatable bonds is 5. The van der Waals surface area contributed by atoms with Crippen LogP contribution in [0.2, 0.25) is 0 Å². The molecule has 0 aliphatic heterocycles. The molecule has 0 aliphatic rings. The van der Waals surface area contributed by atoms with Gasteiger partial charge in [0.1, 0.15) is 17.0 Å². The Morgan fingerprint density at radius 1 is 1.21 bits per heavy atom. The van der Waals surface area contributed by atoms with Crippen LogP contribution in [-0.2, 0) is 13.0 Å². The summed E-state index contributed by atoms with van der Waals surface area (Å²) >= 11 is 5.36. The Kier molecular flexibility index (Phi) is 6.00. The number of anilines is 1. The van der Waals surface area contributed by atoms with Gasteiger partial charge in [-0.3, -0.25) is 0 Å². The van der Waals surface area contributed by atoms with Crippen molar-refractivity contribution in [1.82, 2.24) is 4.98 Å². The zero-order chi connectivity index (χ0) is 20.2. The number of pyridine rings is 1. The van der Waals surface area contributed by atoms with E-state index in [4.69, 9.17) is 15.1 Å². The summed E-state index contributed by atoms with van der Waals surface area (Å²) < 4.78 is 6.97. The second-order valence-corrected chi connectivity index (χ2v) is 8.63. The predicted octanol–water partition coefficient (Wildman–Crippen LogP) is 5.55. The van der Waals surface area contributed by atoms with Crippen molar-refractivity contribution in [2.45, 2.75) is 25.9 Å². The molecule has 4 nitrogen and oxygen atoms in total. The number of benzene rings is 1. The molecule has 3 heterocycles. The number of hydrogen-bond donors (Lipinski definition) is 2. The van der Waals surface area contributed by atoms with Gasteiger partial charge in [-0.05, 0) is 58.4 Å². The summed E-state index contributed by atoms with van der Waals surface area (Å²) in [7, 11) is 0. The number of nitrogens with zero attached hydrogens (tertiary/aromatic N) is 1. The Labute approximate surface area is 182 Å². The number of nitrogens with two attached hydrogens (primary N) is 1. The average molecular weight is 466 g/mol. The molecule has 4 aromatic rings. The van der Waals surface area contributed by atoms with E-state index in [1.54, 1.807) is 11.3 Å². The first-order chi connectivity index (χ1) is 14.1. The van der Waals surface area contributed by atoms with Crippen molar-refractivity contribution in [1.29, 1.82) is 0 Å². The van der Waals surface area contributed by atoms with E-state index in [1.807, 2.05) is 49.4 Å². The highest BCUT2D eigenvalue weighted by Gasteiger charge is 2.18. The highest BCUT2D eigenvalue weighted by Crippen LogP contribution is 2.35. The maximum atomic E-state index is 6.13. The van der Waals surface area contributed by atoms with Crippen LogP contribution in [0.15, 0.2) is 62.8 Å². The highest BCUT2D eigenvalue weighted by atomic mass is 79.9. The van der Waals surface area contributed by atoms with Gasteiger partial charge in [0.05, 0.1) is 10.2 Å². The van der Waals surface area contributed by atoms with Crippen molar-refractivity contribution in [3.8, 4) is 11.8 Å². The Balaban J connectivity index is 1.75. The lowest BCUT2D eigenvalue weighted by molar-refractivity contribution is 0.523. The molecule has 0 amide bonds. The number of thiophene rings is 1. The summed E-state index contributed by atoms with van der Waals surface area (Å²) in [5.74, 6) is 7.16. The average Bonchev–Trinajstić information content (AvgIpc) is 3.34. The second kappa shape index (κ2) is 8.83. The first-order valence-corrected chi connectivity index (χ1v) is 11.0. The lowest BCUT2D eigenvalue weighted by atomic mass is 10.2. The third kappa shape index (κ3) is 4.70. The van der Waals surface area contributed by atoms with Gasteiger partial charge in [0.2, 0.25) is 0 Å². The molecule has 0 radical (unpaired) electrons. The molecule has 1 atom stereocenters. The fourth-order valence-corrected chi connectivity index (χ4v) is 4.11. The summed E-state index contributed by atoms with van der Waals surface area (Å²) in [6.07, 6.45) is 0.631. The Morgan fingerprint density at radius 3 is 2.76 bits per heavy atom. The van der Waals surface area contributed by atoms with Gasteiger partial charge in [0.25, 0.3) is 0 Å². The molecule has 0 unspecified atom stereocenters. The summed E-state index contributed by atoms with van der Waals surface area (Å²) in [6, 6.07) is 16.0. The van der Waals surface area contributed by atoms with Crippen molar-refractivity contribution < 1.29 is 4.42 Å². The van der Waals surface area contributed by atoms with Crippen LogP contribution >= 0.6 is 27.3 Å². The minimum Gasteiger partial charge on any atom is -0.456 e. The molecule has 0 saturated heterocycles. The Morgan fingerprint density at radius 2 is 2.03 bits per heavy atom. The van der Waals surface area contributed by atoms with Crippen LogP contribution < -0.4 is 11.1 Å². The molecular formula is C23H20BrN3OS. The fourth-order valence-electron chi connectivity index (χ4n) is 2.96. The van der Waals surface area contributed by atoms with Gasteiger partial charge in [-0.2, -0.15) is 0 Å². The lowest BCUT2D eigenvalue weighted by Crippen LogP contribution is -2.17. The number of furan rings is 1. The molecule has 0 aliphatic carbocycles. The van der Waals surface area contributed by atoms with Crippen LogP contribution in [0.1, 0.15) is 28.8 Å². The van der Waals surface area contributed by atoms with E-state index in [0.29, 0.717) is 24.2 Å². The predicted molar refractivity (Wildman–Crippen MR) is 123 cm³/mol. The topological polar surface area (TPSA) is 64.1 Å². The number of fused-ring (bicyclic) bond motifs is 1. The number of halogens is 1. The molecule has 29 heavy (non-hydrogen) atoms. The van der Waals surface area contributed by atoms with E-state index in [-0.39, 0.29) is 6.04 Å². The molecule has 0 saturated carbocycles. The molecule has 146 valence electrons. The van der Waals surface area contributed by atoms with E-state index < -0.39 is 0 Å². The second-order valence-electron chi connectivity index (χ2n) is 6.80. The zero-order valence-corrected chi connectivity index (χ0v) is 18.3. The Hall–Kier alpha value is -2.59. The number of aromatic nitrogens is 1. The first-order valence-electron chi connectivity index (χ1n) is 9.31. The molecule has 3 N–H and O–H groups in total. The highest BCUT2D eigenvalue weighted by molar-refractivity contribution is 9.10. The van der Waals surface area contributed by atoms with Crippen LogP contribution in [0.5, 0.6) is 0 Å². The Bertz CT molecular complexity index is 1170. The quantitative estimate of drug-likeness (QED) is 0.379. The van der Waals surface area contributed by atoms with E-state index in [2.05, 4.69) is 44.5 Å². The van der Waals surface area contributed by atoms with Gasteiger partial charge in [-0.1, -0.05) is 30.2 Å². The minimum atomic E-state index is -0.00765. The summed E-state index contributed by atoms with van der Waals surface area (Å²) in [5.41, 5.74) is 9.96. The standard InChI is InChI=1S/C23H20BrN3OS/c1-15(25)12-20-21(24)22-23(28-20)19(26-14-18-8-5-11-29-18)13-17(27-22)10-9-16-6-3-2-4-7-16/h2-8,11,13,15H,12,14,25H2,1H3,(H,26,27)/t15-/m0/s1.